The maximum Gasteiger partial charge on any atom is 0.325 e. The Morgan fingerprint density at radius 2 is 1.02 bits per heavy atom. The highest BCUT2D eigenvalue weighted by Gasteiger charge is 2.53. The van der Waals surface area contributed by atoms with Crippen LogP contribution in [0.4, 0.5) is 0 Å². The molecule has 2 N–H and O–H groups in total. The van der Waals surface area contributed by atoms with Crippen LogP contribution in [0, 0.1) is 11.8 Å². The first-order chi connectivity index (χ1) is 24.0. The van der Waals surface area contributed by atoms with Gasteiger partial charge in [-0.15, -0.1) is 0 Å². The molecule has 2 fully saturated rings. The standard InChI is InChI=1S/C34H38N4O10S2/c1-21(15-35-25(39)19-47-23-11-7-5-8-12-23)29-31(43)37(17-27(41)45-3)33(29)49-50-34-30(32(44)38(34)18-28(42)46-4)22(2)16-36-26(40)20-48-24-13-9-6-10-14-24/h5-16,29-30,33-34H,17-20H2,1-4H3,(H,35,39)(H,36,40). The number of carbonyl (C=O) groups excluding carboxylic acids is 6. The van der Waals surface area contributed by atoms with Crippen LogP contribution in [0.25, 0.3) is 0 Å². The van der Waals surface area contributed by atoms with Gasteiger partial charge in [-0.3, -0.25) is 28.8 Å². The van der Waals surface area contributed by atoms with Crippen LogP contribution in [0.3, 0.4) is 0 Å². The quantitative estimate of drug-likeness (QED) is 0.139. The van der Waals surface area contributed by atoms with E-state index >= 15 is 0 Å². The molecule has 4 amide bonds. The smallest absolute Gasteiger partial charge is 0.325 e. The monoisotopic (exact) mass is 726 g/mol. The van der Waals surface area contributed by atoms with Crippen molar-refractivity contribution in [1.29, 1.82) is 0 Å². The van der Waals surface area contributed by atoms with E-state index in [0.717, 1.165) is 0 Å². The van der Waals surface area contributed by atoms with Gasteiger partial charge in [0.15, 0.2) is 13.2 Å². The zero-order valence-electron chi connectivity index (χ0n) is 27.9. The van der Waals surface area contributed by atoms with E-state index in [0.29, 0.717) is 22.6 Å². The van der Waals surface area contributed by atoms with Gasteiger partial charge in [0.1, 0.15) is 35.3 Å². The van der Waals surface area contributed by atoms with E-state index in [1.54, 1.807) is 62.4 Å². The van der Waals surface area contributed by atoms with Gasteiger partial charge >= 0.3 is 11.9 Å². The number of β-lactam (4-membered cyclic amide) rings is 2. The summed E-state index contributed by atoms with van der Waals surface area (Å²) in [5.41, 5.74) is 1.07. The molecule has 0 saturated carbocycles. The zero-order chi connectivity index (χ0) is 36.2. The van der Waals surface area contributed by atoms with Gasteiger partial charge in [-0.25, -0.2) is 0 Å². The lowest BCUT2D eigenvalue weighted by atomic mass is 9.91. The summed E-state index contributed by atoms with van der Waals surface area (Å²) >= 11 is 0. The van der Waals surface area contributed by atoms with Crippen molar-refractivity contribution < 1.29 is 47.7 Å². The van der Waals surface area contributed by atoms with Crippen molar-refractivity contribution in [3.05, 3.63) is 84.2 Å². The van der Waals surface area contributed by atoms with Crippen LogP contribution in [0.5, 0.6) is 11.5 Å². The Balaban J connectivity index is 1.43. The van der Waals surface area contributed by atoms with Gasteiger partial charge in [-0.2, -0.15) is 0 Å². The third kappa shape index (κ3) is 9.81. The zero-order valence-corrected chi connectivity index (χ0v) is 29.5. The molecule has 2 aromatic rings. The molecule has 4 unspecified atom stereocenters. The Kier molecular flexibility index (Phi) is 13.7. The van der Waals surface area contributed by atoms with Crippen LogP contribution in [-0.4, -0.2) is 96.6 Å². The Labute approximate surface area is 297 Å². The van der Waals surface area contributed by atoms with Gasteiger partial charge in [-0.1, -0.05) is 58.0 Å². The first kappa shape index (κ1) is 37.9. The molecule has 50 heavy (non-hydrogen) atoms. The summed E-state index contributed by atoms with van der Waals surface area (Å²) < 4.78 is 20.5. The summed E-state index contributed by atoms with van der Waals surface area (Å²) in [6.07, 6.45) is 2.87. The number of methoxy groups -OCH3 is 2. The van der Waals surface area contributed by atoms with Crippen LogP contribution < -0.4 is 20.1 Å². The van der Waals surface area contributed by atoms with E-state index in [-0.39, 0.29) is 38.1 Å². The predicted octanol–water partition coefficient (Wildman–Crippen LogP) is 2.48. The highest BCUT2D eigenvalue weighted by atomic mass is 33.1. The molecule has 4 atom stereocenters. The van der Waals surface area contributed by atoms with E-state index in [2.05, 4.69) is 10.6 Å². The average molecular weight is 727 g/mol. The molecule has 14 nitrogen and oxygen atoms in total. The van der Waals surface area contributed by atoms with Crippen molar-refractivity contribution in [2.24, 2.45) is 11.8 Å². The van der Waals surface area contributed by atoms with Crippen molar-refractivity contribution in [2.75, 3.05) is 40.5 Å². The highest BCUT2D eigenvalue weighted by molar-refractivity contribution is 8.77. The van der Waals surface area contributed by atoms with Crippen LogP contribution in [-0.2, 0) is 38.2 Å². The van der Waals surface area contributed by atoms with Crippen LogP contribution >= 0.6 is 21.6 Å². The van der Waals surface area contributed by atoms with E-state index in [9.17, 15) is 28.8 Å². The Morgan fingerprint density at radius 3 is 1.36 bits per heavy atom. The Hall–Kier alpha value is -4.96. The molecule has 0 spiro atoms. The number of nitrogens with zero attached hydrogens (tertiary/aromatic N) is 2. The molecule has 0 aliphatic carbocycles. The minimum Gasteiger partial charge on any atom is -0.484 e. The SMILES string of the molecule is COC(=O)CN1C(=O)C(C(C)=CNC(=O)COc2ccccc2)C1SSC1C(C(C)=CNC(=O)COc2ccccc2)C(=O)N1CC(=O)OC. The number of rotatable bonds is 17. The predicted molar refractivity (Wildman–Crippen MR) is 185 cm³/mol. The summed E-state index contributed by atoms with van der Waals surface area (Å²) in [5, 5.41) is 4.11. The lowest BCUT2D eigenvalue weighted by molar-refractivity contribution is -0.157. The number of benzene rings is 2. The maximum absolute atomic E-state index is 13.2. The molecule has 2 heterocycles. The van der Waals surface area contributed by atoms with Crippen LogP contribution in [0.2, 0.25) is 0 Å². The van der Waals surface area contributed by atoms with E-state index < -0.39 is 46.3 Å². The third-order valence-electron chi connectivity index (χ3n) is 7.72. The number of amides is 4. The molecular weight excluding hydrogens is 689 g/mol. The van der Waals surface area contributed by atoms with Gasteiger partial charge < -0.3 is 39.4 Å². The number of carbonyl (C=O) groups is 6. The maximum atomic E-state index is 13.2. The lowest BCUT2D eigenvalue weighted by Gasteiger charge is -2.49. The number of hydrogen-bond donors (Lipinski definition) is 2. The molecule has 0 aromatic heterocycles. The Bertz CT molecular complexity index is 1500. The average Bonchev–Trinajstić information content (AvgIpc) is 3.13. The largest absolute Gasteiger partial charge is 0.484 e. The number of hydrogen-bond acceptors (Lipinski definition) is 12. The third-order valence-corrected chi connectivity index (χ3v) is 10.8. The lowest BCUT2D eigenvalue weighted by Crippen LogP contribution is -2.62. The van der Waals surface area contributed by atoms with Crippen LogP contribution in [0.1, 0.15) is 13.8 Å². The number of nitrogens with one attached hydrogen (secondary N) is 2. The first-order valence-corrected chi connectivity index (χ1v) is 17.7. The number of esters is 2. The molecular formula is C34H38N4O10S2. The van der Waals surface area contributed by atoms with Gasteiger partial charge in [0, 0.05) is 12.4 Å². The molecule has 2 aromatic carbocycles. The van der Waals surface area contributed by atoms with Gasteiger partial charge in [0.25, 0.3) is 11.8 Å². The molecule has 266 valence electrons. The van der Waals surface area contributed by atoms with Crippen LogP contribution in [0.15, 0.2) is 84.2 Å². The fraction of sp³-hybridized carbons (Fsp3) is 0.353. The van der Waals surface area contributed by atoms with Crippen molar-refractivity contribution >= 4 is 57.2 Å². The van der Waals surface area contributed by atoms with Crippen molar-refractivity contribution in [3.63, 3.8) is 0 Å². The molecule has 0 bridgehead atoms. The highest BCUT2D eigenvalue weighted by Crippen LogP contribution is 2.51. The fourth-order valence-electron chi connectivity index (χ4n) is 4.94. The van der Waals surface area contributed by atoms with Crippen molar-refractivity contribution in [3.8, 4) is 11.5 Å². The summed E-state index contributed by atoms with van der Waals surface area (Å²) in [6.45, 7) is 2.29. The molecule has 16 heteroatoms. The van der Waals surface area contributed by atoms with Crippen molar-refractivity contribution in [2.45, 2.75) is 24.6 Å². The second-order valence-electron chi connectivity index (χ2n) is 11.1. The number of para-hydroxylation sites is 2. The molecule has 2 saturated heterocycles. The van der Waals surface area contributed by atoms with Gasteiger partial charge in [0.2, 0.25) is 11.8 Å². The minimum absolute atomic E-state index is 0.241. The number of ether oxygens (including phenoxy) is 4. The molecule has 2 aliphatic heterocycles. The first-order valence-electron chi connectivity index (χ1n) is 15.4. The fourth-order valence-corrected chi connectivity index (χ4v) is 8.59. The van der Waals surface area contributed by atoms with E-state index in [1.807, 2.05) is 12.1 Å². The molecule has 2 aliphatic rings. The van der Waals surface area contributed by atoms with E-state index in [1.165, 1.54) is 58.0 Å². The van der Waals surface area contributed by atoms with E-state index in [4.69, 9.17) is 18.9 Å². The molecule has 0 radical (unpaired) electrons. The number of likely N-dealkylation sites (tertiary alicyclic amines) is 2. The summed E-state index contributed by atoms with van der Waals surface area (Å²) in [6, 6.07) is 17.7. The normalized spacial score (nSPS) is 20.2. The van der Waals surface area contributed by atoms with Gasteiger partial charge in [-0.05, 0) is 49.3 Å². The topological polar surface area (TPSA) is 170 Å². The summed E-state index contributed by atoms with van der Waals surface area (Å²) in [5.74, 6) is -3.15. The Morgan fingerprint density at radius 1 is 0.660 bits per heavy atom. The second kappa shape index (κ2) is 18.2. The second-order valence-corrected chi connectivity index (χ2v) is 13.6. The minimum atomic E-state index is -0.712. The van der Waals surface area contributed by atoms with Gasteiger partial charge in [0.05, 0.1) is 26.1 Å². The molecule has 4 rings (SSSR count). The van der Waals surface area contributed by atoms with Crippen molar-refractivity contribution in [1.82, 2.24) is 20.4 Å². The summed E-state index contributed by atoms with van der Waals surface area (Å²) in [7, 11) is 4.91. The summed E-state index contributed by atoms with van der Waals surface area (Å²) in [4.78, 5) is 78.4.